The van der Waals surface area contributed by atoms with Gasteiger partial charge in [-0.2, -0.15) is 15.0 Å². The van der Waals surface area contributed by atoms with Crippen molar-refractivity contribution in [1.29, 1.82) is 0 Å². The van der Waals surface area contributed by atoms with Crippen LogP contribution in [0, 0.1) is 0 Å². The number of rotatable bonds is 4. The van der Waals surface area contributed by atoms with Crippen molar-refractivity contribution in [2.24, 2.45) is 0 Å². The molecule has 0 aliphatic heterocycles. The van der Waals surface area contributed by atoms with Gasteiger partial charge in [-0.3, -0.25) is 0 Å². The molecule has 2 aromatic heterocycles. The molecule has 0 radical (unpaired) electrons. The predicted molar refractivity (Wildman–Crippen MR) is 80.2 cm³/mol. The summed E-state index contributed by atoms with van der Waals surface area (Å²) in [5.41, 5.74) is 12.8. The van der Waals surface area contributed by atoms with Crippen molar-refractivity contribution in [2.75, 3.05) is 11.5 Å². The Morgan fingerprint density at radius 2 is 1.71 bits per heavy atom. The molecule has 0 unspecified atom stereocenters. The summed E-state index contributed by atoms with van der Waals surface area (Å²) in [6.45, 7) is 0. The van der Waals surface area contributed by atoms with Gasteiger partial charge in [0.1, 0.15) is 0 Å². The van der Waals surface area contributed by atoms with Gasteiger partial charge in [0, 0.05) is 17.4 Å². The molecule has 0 saturated carbocycles. The molecular formula is C13H12N6OS. The summed E-state index contributed by atoms with van der Waals surface area (Å²) in [5, 5.41) is 4.49. The van der Waals surface area contributed by atoms with Gasteiger partial charge >= 0.3 is 0 Å². The lowest BCUT2D eigenvalue weighted by atomic mass is 10.2. The highest BCUT2D eigenvalue weighted by Crippen LogP contribution is 2.24. The van der Waals surface area contributed by atoms with Gasteiger partial charge in [0.25, 0.3) is 0 Å². The van der Waals surface area contributed by atoms with Crippen molar-refractivity contribution in [3.05, 3.63) is 42.1 Å². The fourth-order valence-corrected chi connectivity index (χ4v) is 2.44. The fourth-order valence-electron chi connectivity index (χ4n) is 1.71. The molecule has 0 bridgehead atoms. The second-order valence-electron chi connectivity index (χ2n) is 4.17. The van der Waals surface area contributed by atoms with E-state index in [1.54, 1.807) is 0 Å². The summed E-state index contributed by atoms with van der Waals surface area (Å²) < 4.78 is 5.32. The van der Waals surface area contributed by atoms with Gasteiger partial charge in [-0.1, -0.05) is 47.3 Å². The van der Waals surface area contributed by atoms with Crippen molar-refractivity contribution < 1.29 is 4.52 Å². The van der Waals surface area contributed by atoms with Crippen molar-refractivity contribution >= 4 is 23.7 Å². The Kier molecular flexibility index (Phi) is 3.69. The third kappa shape index (κ3) is 3.29. The summed E-state index contributed by atoms with van der Waals surface area (Å²) in [7, 11) is 0. The molecule has 0 spiro atoms. The first-order chi connectivity index (χ1) is 10.2. The van der Waals surface area contributed by atoms with Crippen LogP contribution in [0.1, 0.15) is 5.69 Å². The van der Waals surface area contributed by atoms with E-state index in [0.717, 1.165) is 17.0 Å². The number of benzene rings is 1. The highest BCUT2D eigenvalue weighted by Gasteiger charge is 2.08. The average molecular weight is 300 g/mol. The van der Waals surface area contributed by atoms with E-state index in [4.69, 9.17) is 16.0 Å². The van der Waals surface area contributed by atoms with Gasteiger partial charge in [0.15, 0.2) is 10.9 Å². The van der Waals surface area contributed by atoms with Crippen LogP contribution >= 0.6 is 11.8 Å². The first-order valence-electron chi connectivity index (χ1n) is 6.11. The van der Waals surface area contributed by atoms with Crippen LogP contribution in [-0.2, 0) is 5.75 Å². The monoisotopic (exact) mass is 300 g/mol. The number of nitrogens with zero attached hydrogens (tertiary/aromatic N) is 4. The van der Waals surface area contributed by atoms with Gasteiger partial charge in [0.05, 0.1) is 5.69 Å². The van der Waals surface area contributed by atoms with E-state index in [2.05, 4.69) is 20.1 Å². The lowest BCUT2D eigenvalue weighted by Gasteiger charge is -1.99. The first-order valence-corrected chi connectivity index (χ1v) is 7.10. The molecule has 8 heteroatoms. The van der Waals surface area contributed by atoms with Crippen molar-refractivity contribution in [1.82, 2.24) is 20.1 Å². The number of nitrogen functional groups attached to an aromatic ring is 2. The zero-order chi connectivity index (χ0) is 14.7. The number of hydrogen-bond donors (Lipinski definition) is 2. The van der Waals surface area contributed by atoms with Gasteiger partial charge in [0.2, 0.25) is 11.9 Å². The molecular weight excluding hydrogens is 288 g/mol. The van der Waals surface area contributed by atoms with Crippen LogP contribution in [0.15, 0.2) is 46.1 Å². The standard InChI is InChI=1S/C13H12N6OS/c14-11-16-12(15)18-13(17-11)21-7-9-6-10(20-19-9)8-4-2-1-3-5-8/h1-6H,7H2,(H4,14,15,16,17,18). The van der Waals surface area contributed by atoms with Crippen LogP contribution in [0.3, 0.4) is 0 Å². The number of aromatic nitrogens is 4. The minimum absolute atomic E-state index is 0.107. The maximum absolute atomic E-state index is 5.52. The second-order valence-corrected chi connectivity index (χ2v) is 5.11. The summed E-state index contributed by atoms with van der Waals surface area (Å²) in [6, 6.07) is 11.7. The zero-order valence-electron chi connectivity index (χ0n) is 10.9. The topological polar surface area (TPSA) is 117 Å². The van der Waals surface area contributed by atoms with E-state index in [-0.39, 0.29) is 11.9 Å². The molecule has 0 saturated heterocycles. The molecule has 4 N–H and O–H groups in total. The number of thioether (sulfide) groups is 1. The SMILES string of the molecule is Nc1nc(N)nc(SCc2cc(-c3ccccc3)on2)n1. The third-order valence-corrected chi connectivity index (χ3v) is 3.50. The molecule has 21 heavy (non-hydrogen) atoms. The van der Waals surface area contributed by atoms with Crippen molar-refractivity contribution in [3.63, 3.8) is 0 Å². The molecule has 3 rings (SSSR count). The third-order valence-electron chi connectivity index (χ3n) is 2.62. The van der Waals surface area contributed by atoms with Gasteiger partial charge in [-0.25, -0.2) is 0 Å². The molecule has 0 fully saturated rings. The van der Waals surface area contributed by atoms with E-state index >= 15 is 0 Å². The fraction of sp³-hybridized carbons (Fsp3) is 0.0769. The maximum atomic E-state index is 5.52. The van der Waals surface area contributed by atoms with Crippen LogP contribution in [-0.4, -0.2) is 20.1 Å². The Balaban J connectivity index is 1.70. The van der Waals surface area contributed by atoms with Crippen molar-refractivity contribution in [2.45, 2.75) is 10.9 Å². The molecule has 1 aromatic carbocycles. The Hall–Kier alpha value is -2.61. The van der Waals surface area contributed by atoms with E-state index in [1.165, 1.54) is 11.8 Å². The molecule has 0 amide bonds. The first kappa shape index (κ1) is 13.4. The lowest BCUT2D eigenvalue weighted by Crippen LogP contribution is -2.03. The van der Waals surface area contributed by atoms with Crippen LogP contribution in [0.4, 0.5) is 11.9 Å². The smallest absolute Gasteiger partial charge is 0.225 e. The molecule has 106 valence electrons. The second kappa shape index (κ2) is 5.80. The number of anilines is 2. The highest BCUT2D eigenvalue weighted by molar-refractivity contribution is 7.98. The Labute approximate surface area is 124 Å². The largest absolute Gasteiger partial charge is 0.368 e. The highest BCUT2D eigenvalue weighted by atomic mass is 32.2. The summed E-state index contributed by atoms with van der Waals surface area (Å²) in [6.07, 6.45) is 0. The van der Waals surface area contributed by atoms with Crippen LogP contribution in [0.5, 0.6) is 0 Å². The minimum atomic E-state index is 0.107. The molecule has 3 aromatic rings. The van der Waals surface area contributed by atoms with Crippen LogP contribution < -0.4 is 11.5 Å². The molecule has 7 nitrogen and oxygen atoms in total. The summed E-state index contributed by atoms with van der Waals surface area (Å²) in [4.78, 5) is 11.7. The zero-order valence-corrected chi connectivity index (χ0v) is 11.7. The quantitative estimate of drug-likeness (QED) is 0.702. The maximum Gasteiger partial charge on any atom is 0.225 e. The van der Waals surface area contributed by atoms with Gasteiger partial charge < -0.3 is 16.0 Å². The predicted octanol–water partition coefficient (Wildman–Crippen LogP) is 1.98. The molecule has 2 heterocycles. The molecule has 0 aliphatic rings. The van der Waals surface area contributed by atoms with E-state index in [9.17, 15) is 0 Å². The Bertz CT molecular complexity index is 725. The van der Waals surface area contributed by atoms with Crippen LogP contribution in [0.25, 0.3) is 11.3 Å². The molecule has 0 aliphatic carbocycles. The minimum Gasteiger partial charge on any atom is -0.368 e. The Morgan fingerprint density at radius 3 is 2.43 bits per heavy atom. The molecule has 0 atom stereocenters. The van der Waals surface area contributed by atoms with Gasteiger partial charge in [-0.15, -0.1) is 0 Å². The number of hydrogen-bond acceptors (Lipinski definition) is 8. The van der Waals surface area contributed by atoms with E-state index in [1.807, 2.05) is 36.4 Å². The summed E-state index contributed by atoms with van der Waals surface area (Å²) >= 11 is 1.37. The summed E-state index contributed by atoms with van der Waals surface area (Å²) in [5.74, 6) is 1.49. The van der Waals surface area contributed by atoms with E-state index in [0.29, 0.717) is 10.9 Å². The van der Waals surface area contributed by atoms with Crippen molar-refractivity contribution in [3.8, 4) is 11.3 Å². The Morgan fingerprint density at radius 1 is 1.00 bits per heavy atom. The lowest BCUT2D eigenvalue weighted by molar-refractivity contribution is 0.426. The normalized spacial score (nSPS) is 10.7. The number of nitrogens with two attached hydrogens (primary N) is 2. The van der Waals surface area contributed by atoms with Gasteiger partial charge in [-0.05, 0) is 0 Å². The van der Waals surface area contributed by atoms with E-state index < -0.39 is 0 Å². The van der Waals surface area contributed by atoms with Crippen LogP contribution in [0.2, 0.25) is 0 Å². The average Bonchev–Trinajstić information content (AvgIpc) is 2.94.